The van der Waals surface area contributed by atoms with Crippen molar-refractivity contribution >= 4 is 17.6 Å². The van der Waals surface area contributed by atoms with E-state index in [9.17, 15) is 9.18 Å². The minimum absolute atomic E-state index is 0.00496. The topological polar surface area (TPSA) is 87.4 Å². The molecule has 0 saturated heterocycles. The predicted octanol–water partition coefficient (Wildman–Crippen LogP) is 3.92. The Kier molecular flexibility index (Phi) is 8.02. The van der Waals surface area contributed by atoms with Gasteiger partial charge in [0.15, 0.2) is 5.82 Å². The van der Waals surface area contributed by atoms with Gasteiger partial charge >= 0.3 is 0 Å². The van der Waals surface area contributed by atoms with E-state index in [4.69, 9.17) is 10.00 Å². The van der Waals surface area contributed by atoms with Gasteiger partial charge < -0.3 is 10.1 Å². The summed E-state index contributed by atoms with van der Waals surface area (Å²) in [7, 11) is 0.500. The lowest BCUT2D eigenvalue weighted by molar-refractivity contribution is -0.126. The number of nitriles is 1. The van der Waals surface area contributed by atoms with Crippen LogP contribution in [0.5, 0.6) is 0 Å². The van der Waals surface area contributed by atoms with Crippen LogP contribution < -0.4 is 5.32 Å². The zero-order chi connectivity index (χ0) is 20.4. The number of ether oxygens (including phenoxy) is 1. The summed E-state index contributed by atoms with van der Waals surface area (Å²) < 4.78 is 15.4. The summed E-state index contributed by atoms with van der Waals surface area (Å²) in [5, 5.41) is 11.6. The lowest BCUT2D eigenvalue weighted by Crippen LogP contribution is -2.35. The van der Waals surface area contributed by atoms with Crippen molar-refractivity contribution in [3.05, 3.63) is 47.7 Å². The van der Waals surface area contributed by atoms with Crippen LogP contribution in [-0.4, -0.2) is 36.1 Å². The minimum atomic E-state index is -0.271. The van der Waals surface area contributed by atoms with Gasteiger partial charge in [-0.2, -0.15) is 5.26 Å². The van der Waals surface area contributed by atoms with Crippen molar-refractivity contribution in [1.29, 1.82) is 5.26 Å². The van der Waals surface area contributed by atoms with Crippen molar-refractivity contribution in [2.45, 2.75) is 44.6 Å². The number of carbonyl (C=O) groups is 1. The second kappa shape index (κ2) is 10.5. The number of aliphatic imine (C=N–C) groups is 1. The number of rotatable bonds is 6. The zero-order valence-corrected chi connectivity index (χ0v) is 16.2. The number of nitrogens with zero attached hydrogens (tertiary/aromatic N) is 3. The highest BCUT2D eigenvalue weighted by Gasteiger charge is 2.47. The summed E-state index contributed by atoms with van der Waals surface area (Å²) in [4.78, 5) is 20.7. The van der Waals surface area contributed by atoms with E-state index in [-0.39, 0.29) is 18.1 Å². The lowest BCUT2D eigenvalue weighted by atomic mass is 10.0. The molecule has 1 fully saturated rings. The first-order valence-electron chi connectivity index (χ1n) is 9.28. The highest BCUT2D eigenvalue weighted by Crippen LogP contribution is 2.47. The van der Waals surface area contributed by atoms with E-state index in [0.29, 0.717) is 30.8 Å². The maximum absolute atomic E-state index is 12.2. The van der Waals surface area contributed by atoms with Crippen LogP contribution in [0.15, 0.2) is 47.1 Å². The average Bonchev–Trinajstić information content (AvgIpc) is 3.56. The number of pyridine rings is 1. The van der Waals surface area contributed by atoms with E-state index >= 15 is 0 Å². The molecule has 0 unspecified atom stereocenters. The first kappa shape index (κ1) is 21.5. The van der Waals surface area contributed by atoms with Crippen molar-refractivity contribution < 1.29 is 13.9 Å². The van der Waals surface area contributed by atoms with E-state index in [0.717, 1.165) is 25.7 Å². The van der Waals surface area contributed by atoms with E-state index in [2.05, 4.69) is 33.5 Å². The molecule has 1 heterocycles. The van der Waals surface area contributed by atoms with Crippen molar-refractivity contribution in [1.82, 2.24) is 10.3 Å². The largest absolute Gasteiger partial charge is 0.360 e. The Bertz CT molecular complexity index is 803. The summed E-state index contributed by atoms with van der Waals surface area (Å²) in [5.74, 6) is 0.765. The van der Waals surface area contributed by atoms with E-state index in [1.165, 1.54) is 11.8 Å². The Hall–Kier alpha value is -2.85. The van der Waals surface area contributed by atoms with Crippen LogP contribution in [0.3, 0.4) is 0 Å². The Morgan fingerprint density at radius 3 is 2.71 bits per heavy atom. The molecule has 0 bridgehead atoms. The van der Waals surface area contributed by atoms with E-state index in [1.807, 2.05) is 13.0 Å². The summed E-state index contributed by atoms with van der Waals surface area (Å²) in [5.41, 5.74) is 1.40. The van der Waals surface area contributed by atoms with Crippen LogP contribution in [-0.2, 0) is 9.53 Å². The van der Waals surface area contributed by atoms with Crippen molar-refractivity contribution in [3.8, 4) is 6.07 Å². The van der Waals surface area contributed by atoms with Crippen LogP contribution in [0.2, 0.25) is 0 Å². The zero-order valence-electron chi connectivity index (χ0n) is 16.2. The molecule has 1 aromatic heterocycles. The SMILES string of the molecule is CCC(=Nc1ccc(C#N)cn1)NC(=O)COC1(C2=CCCC=C2)CC1.CF. The molecule has 1 aromatic rings. The highest BCUT2D eigenvalue weighted by molar-refractivity contribution is 5.99. The highest BCUT2D eigenvalue weighted by atomic mass is 19.1. The van der Waals surface area contributed by atoms with Crippen LogP contribution in [0.4, 0.5) is 10.2 Å². The number of aromatic nitrogens is 1. The Labute approximate surface area is 164 Å². The first-order valence-corrected chi connectivity index (χ1v) is 9.28. The normalized spacial score (nSPS) is 16.9. The van der Waals surface area contributed by atoms with Gasteiger partial charge in [0, 0.05) is 12.6 Å². The van der Waals surface area contributed by atoms with Gasteiger partial charge in [-0.05, 0) is 43.4 Å². The molecule has 6 nitrogen and oxygen atoms in total. The molecule has 1 amide bonds. The number of halogens is 1. The lowest BCUT2D eigenvalue weighted by Gasteiger charge is -2.19. The number of carbonyl (C=O) groups excluding carboxylic acids is 1. The molecule has 2 aliphatic rings. The number of amidine groups is 1. The van der Waals surface area contributed by atoms with E-state index < -0.39 is 0 Å². The van der Waals surface area contributed by atoms with Crippen LogP contribution in [0.1, 0.15) is 44.6 Å². The second-order valence-electron chi connectivity index (χ2n) is 6.40. The fraction of sp³-hybridized carbons (Fsp3) is 0.429. The van der Waals surface area contributed by atoms with Gasteiger partial charge in [-0.3, -0.25) is 9.18 Å². The molecule has 2 aliphatic carbocycles. The van der Waals surface area contributed by atoms with Crippen LogP contribution in [0.25, 0.3) is 0 Å². The maximum Gasteiger partial charge on any atom is 0.251 e. The van der Waals surface area contributed by atoms with Gasteiger partial charge in [-0.25, -0.2) is 9.98 Å². The third-order valence-electron chi connectivity index (χ3n) is 4.45. The van der Waals surface area contributed by atoms with Gasteiger partial charge in [-0.1, -0.05) is 25.2 Å². The first-order chi connectivity index (χ1) is 13.6. The standard InChI is InChI=1S/C20H22N4O2.CH3F/c1-2-17(23-18-9-8-15(12-21)13-22-18)24-19(25)14-26-20(10-11-20)16-6-4-3-5-7-16;1-2/h4,6-9,13H,2-3,5,10-11,14H2,1H3,(H,22,23,24,25);1H3. The maximum atomic E-state index is 12.2. The molecule has 0 aliphatic heterocycles. The molecule has 0 spiro atoms. The Balaban J connectivity index is 0.00000136. The molecule has 0 radical (unpaired) electrons. The molecule has 28 heavy (non-hydrogen) atoms. The summed E-state index contributed by atoms with van der Waals surface area (Å²) in [6.45, 7) is 1.91. The minimum Gasteiger partial charge on any atom is -0.360 e. The second-order valence-corrected chi connectivity index (χ2v) is 6.40. The number of amides is 1. The van der Waals surface area contributed by atoms with Gasteiger partial charge in [-0.15, -0.1) is 0 Å². The van der Waals surface area contributed by atoms with Gasteiger partial charge in [0.2, 0.25) is 0 Å². The van der Waals surface area contributed by atoms with E-state index in [1.54, 1.807) is 12.1 Å². The fourth-order valence-electron chi connectivity index (χ4n) is 2.83. The molecule has 3 rings (SSSR count). The molecule has 0 aromatic carbocycles. The summed E-state index contributed by atoms with van der Waals surface area (Å²) in [6, 6.07) is 5.31. The third-order valence-corrected chi connectivity index (χ3v) is 4.45. The molecule has 1 saturated carbocycles. The van der Waals surface area contributed by atoms with Crippen LogP contribution in [0, 0.1) is 11.3 Å². The molecule has 148 valence electrons. The molecule has 1 N–H and O–H groups in total. The number of allylic oxidation sites excluding steroid dienone is 2. The van der Waals surface area contributed by atoms with Gasteiger partial charge in [0.1, 0.15) is 18.5 Å². The van der Waals surface area contributed by atoms with Crippen molar-refractivity contribution in [2.75, 3.05) is 13.8 Å². The van der Waals surface area contributed by atoms with Gasteiger partial charge in [0.25, 0.3) is 5.91 Å². The number of nitrogens with one attached hydrogen (secondary N) is 1. The monoisotopic (exact) mass is 384 g/mol. The summed E-state index contributed by atoms with van der Waals surface area (Å²) >= 11 is 0. The Morgan fingerprint density at radius 1 is 1.39 bits per heavy atom. The van der Waals surface area contributed by atoms with Crippen molar-refractivity contribution in [3.63, 3.8) is 0 Å². The molecular weight excluding hydrogens is 359 g/mol. The molecular formula is C21H25FN4O2. The molecule has 0 atom stereocenters. The smallest absolute Gasteiger partial charge is 0.251 e. The average molecular weight is 384 g/mol. The fourth-order valence-corrected chi connectivity index (χ4v) is 2.83. The molecule has 7 heteroatoms. The predicted molar refractivity (Wildman–Crippen MR) is 106 cm³/mol. The summed E-state index contributed by atoms with van der Waals surface area (Å²) in [6.07, 6.45) is 12.5. The van der Waals surface area contributed by atoms with Crippen LogP contribution >= 0.6 is 0 Å². The third kappa shape index (κ3) is 5.83. The van der Waals surface area contributed by atoms with Crippen molar-refractivity contribution in [2.24, 2.45) is 4.99 Å². The number of alkyl halides is 1. The number of hydrogen-bond acceptors (Lipinski definition) is 5. The quantitative estimate of drug-likeness (QED) is 0.595. The number of hydrogen-bond donors (Lipinski definition) is 1. The Morgan fingerprint density at radius 2 is 2.18 bits per heavy atom. The van der Waals surface area contributed by atoms with Gasteiger partial charge in [0.05, 0.1) is 18.3 Å².